The minimum absolute atomic E-state index is 0.0965. The smallest absolute Gasteiger partial charge is 0.230 e. The average molecular weight is 393 g/mol. The maximum Gasteiger partial charge on any atom is 0.230 e. The highest BCUT2D eigenvalue weighted by Gasteiger charge is 2.22. The highest BCUT2D eigenvalue weighted by atomic mass is 32.2. The first kappa shape index (κ1) is 18.7. The molecule has 2 heterocycles. The third-order valence-corrected chi connectivity index (χ3v) is 6.27. The molecule has 6 heteroatoms. The summed E-state index contributed by atoms with van der Waals surface area (Å²) in [5.41, 5.74) is 2.29. The van der Waals surface area contributed by atoms with Crippen LogP contribution in [-0.2, 0) is 17.8 Å². The van der Waals surface area contributed by atoms with Gasteiger partial charge in [-0.2, -0.15) is 0 Å². The van der Waals surface area contributed by atoms with Gasteiger partial charge < -0.3 is 9.88 Å². The maximum absolute atomic E-state index is 12.4. The average Bonchev–Trinajstić information content (AvgIpc) is 3.03. The lowest BCUT2D eigenvalue weighted by molar-refractivity contribution is -0.119. The van der Waals surface area contributed by atoms with Gasteiger partial charge in [0, 0.05) is 29.5 Å². The number of aromatic nitrogens is 3. The number of rotatable bonds is 5. The van der Waals surface area contributed by atoms with Crippen LogP contribution in [0.5, 0.6) is 0 Å². The van der Waals surface area contributed by atoms with Crippen LogP contribution in [0.1, 0.15) is 24.2 Å². The summed E-state index contributed by atoms with van der Waals surface area (Å²) in [6, 6.07) is 18.5. The summed E-state index contributed by atoms with van der Waals surface area (Å²) < 4.78 is 2.20. The van der Waals surface area contributed by atoms with E-state index in [2.05, 4.69) is 51.3 Å². The van der Waals surface area contributed by atoms with Crippen LogP contribution in [0.15, 0.2) is 59.5 Å². The van der Waals surface area contributed by atoms with E-state index in [9.17, 15) is 4.79 Å². The molecule has 144 valence electrons. The minimum atomic E-state index is 0.0965. The molecule has 1 amide bonds. The van der Waals surface area contributed by atoms with Gasteiger partial charge in [-0.3, -0.25) is 4.79 Å². The predicted molar refractivity (Wildman–Crippen MR) is 112 cm³/mol. The molecule has 0 aliphatic carbocycles. The Bertz CT molecular complexity index is 954. The molecule has 1 aromatic heterocycles. The van der Waals surface area contributed by atoms with Gasteiger partial charge in [0.2, 0.25) is 5.91 Å². The number of nitrogens with zero attached hydrogens (tertiary/aromatic N) is 3. The Morgan fingerprint density at radius 1 is 1.11 bits per heavy atom. The second-order valence-corrected chi connectivity index (χ2v) is 8.12. The molecule has 0 spiro atoms. The van der Waals surface area contributed by atoms with Crippen molar-refractivity contribution in [1.29, 1.82) is 0 Å². The third kappa shape index (κ3) is 4.28. The monoisotopic (exact) mass is 392 g/mol. The number of carbonyl (C=O) groups excluding carboxylic acids is 1. The highest BCUT2D eigenvalue weighted by Crippen LogP contribution is 2.24. The summed E-state index contributed by atoms with van der Waals surface area (Å²) in [6.07, 6.45) is 2.62. The van der Waals surface area contributed by atoms with E-state index in [0.29, 0.717) is 5.75 Å². The van der Waals surface area contributed by atoms with Crippen molar-refractivity contribution in [2.75, 3.05) is 5.75 Å². The zero-order valence-electron chi connectivity index (χ0n) is 16.0. The number of thioether (sulfide) groups is 1. The van der Waals surface area contributed by atoms with Gasteiger partial charge >= 0.3 is 0 Å². The van der Waals surface area contributed by atoms with Crippen LogP contribution in [0.2, 0.25) is 0 Å². The Labute approximate surface area is 169 Å². The van der Waals surface area contributed by atoms with Crippen molar-refractivity contribution < 1.29 is 4.79 Å². The summed E-state index contributed by atoms with van der Waals surface area (Å²) >= 11 is 1.60. The second-order valence-electron chi connectivity index (χ2n) is 7.10. The van der Waals surface area contributed by atoms with Gasteiger partial charge in [-0.15, -0.1) is 22.0 Å². The first-order valence-electron chi connectivity index (χ1n) is 9.66. The quantitative estimate of drug-likeness (QED) is 0.670. The van der Waals surface area contributed by atoms with E-state index in [1.165, 1.54) is 5.56 Å². The molecule has 0 saturated heterocycles. The van der Waals surface area contributed by atoms with Gasteiger partial charge in [0.15, 0.2) is 5.82 Å². The first-order chi connectivity index (χ1) is 13.7. The van der Waals surface area contributed by atoms with Gasteiger partial charge in [-0.05, 0) is 31.4 Å². The molecule has 0 bridgehead atoms. The fraction of sp³-hybridized carbons (Fsp3) is 0.318. The molecule has 1 aliphatic heterocycles. The molecule has 0 saturated carbocycles. The number of nitrogens with one attached hydrogen (secondary N) is 1. The Balaban J connectivity index is 1.35. The first-order valence-corrected chi connectivity index (χ1v) is 10.6. The molecule has 28 heavy (non-hydrogen) atoms. The molecule has 0 radical (unpaired) electrons. The molecule has 5 nitrogen and oxygen atoms in total. The number of benzene rings is 2. The van der Waals surface area contributed by atoms with E-state index in [1.807, 2.05) is 30.3 Å². The lowest BCUT2D eigenvalue weighted by Crippen LogP contribution is -2.36. The van der Waals surface area contributed by atoms with Gasteiger partial charge in [0.05, 0.1) is 5.75 Å². The Morgan fingerprint density at radius 2 is 1.89 bits per heavy atom. The summed E-state index contributed by atoms with van der Waals surface area (Å²) in [5.74, 6) is 2.46. The third-order valence-electron chi connectivity index (χ3n) is 5.09. The molecule has 2 aromatic carbocycles. The van der Waals surface area contributed by atoms with E-state index in [-0.39, 0.29) is 11.9 Å². The standard InChI is InChI=1S/C22H24N4OS/c1-16-7-5-6-10-19(16)28-15-21(27)23-18-11-12-20-24-25-22(26(20)14-13-18)17-8-3-2-4-9-17/h2-10,18H,11-15H2,1H3,(H,23,27). The van der Waals surface area contributed by atoms with Crippen molar-refractivity contribution in [1.82, 2.24) is 20.1 Å². The number of hydrogen-bond donors (Lipinski definition) is 1. The summed E-state index contributed by atoms with van der Waals surface area (Å²) in [5, 5.41) is 12.0. The second kappa shape index (κ2) is 8.61. The van der Waals surface area contributed by atoms with E-state index in [1.54, 1.807) is 11.8 Å². The molecule has 1 aliphatic rings. The number of aryl methyl sites for hydroxylation is 2. The largest absolute Gasteiger partial charge is 0.353 e. The Kier molecular flexibility index (Phi) is 5.76. The molecule has 1 atom stereocenters. The van der Waals surface area contributed by atoms with Crippen LogP contribution in [0.4, 0.5) is 0 Å². The SMILES string of the molecule is Cc1ccccc1SCC(=O)NC1CCc2nnc(-c3ccccc3)n2CC1. The highest BCUT2D eigenvalue weighted by molar-refractivity contribution is 8.00. The van der Waals surface area contributed by atoms with Crippen molar-refractivity contribution in [2.45, 2.75) is 43.7 Å². The molecule has 1 unspecified atom stereocenters. The number of amides is 1. The molecule has 3 aromatic rings. The van der Waals surface area contributed by atoms with Crippen LogP contribution in [-0.4, -0.2) is 32.5 Å². The van der Waals surface area contributed by atoms with Crippen LogP contribution in [0, 0.1) is 6.92 Å². The van der Waals surface area contributed by atoms with Crippen LogP contribution >= 0.6 is 11.8 Å². The van der Waals surface area contributed by atoms with Gasteiger partial charge in [-0.25, -0.2) is 0 Å². The van der Waals surface area contributed by atoms with Gasteiger partial charge in [0.25, 0.3) is 0 Å². The van der Waals surface area contributed by atoms with Crippen molar-refractivity contribution in [2.24, 2.45) is 0 Å². The van der Waals surface area contributed by atoms with Crippen LogP contribution in [0.3, 0.4) is 0 Å². The molecule has 1 N–H and O–H groups in total. The van der Waals surface area contributed by atoms with E-state index >= 15 is 0 Å². The van der Waals surface area contributed by atoms with E-state index in [4.69, 9.17) is 0 Å². The predicted octanol–water partition coefficient (Wildman–Crippen LogP) is 3.87. The fourth-order valence-electron chi connectivity index (χ4n) is 3.56. The van der Waals surface area contributed by atoms with Gasteiger partial charge in [-0.1, -0.05) is 48.5 Å². The minimum Gasteiger partial charge on any atom is -0.353 e. The summed E-state index contributed by atoms with van der Waals surface area (Å²) in [6.45, 7) is 2.90. The van der Waals surface area contributed by atoms with E-state index < -0.39 is 0 Å². The molecular formula is C22H24N4OS. The molecule has 4 rings (SSSR count). The lowest BCUT2D eigenvalue weighted by Gasteiger charge is -2.16. The van der Waals surface area contributed by atoms with Crippen LogP contribution < -0.4 is 5.32 Å². The van der Waals surface area contributed by atoms with Crippen LogP contribution in [0.25, 0.3) is 11.4 Å². The number of carbonyl (C=O) groups is 1. The number of hydrogen-bond acceptors (Lipinski definition) is 4. The number of fused-ring (bicyclic) bond motifs is 1. The van der Waals surface area contributed by atoms with Crippen molar-refractivity contribution >= 4 is 17.7 Å². The Hall–Kier alpha value is -2.60. The summed E-state index contributed by atoms with van der Waals surface area (Å²) in [7, 11) is 0. The summed E-state index contributed by atoms with van der Waals surface area (Å²) in [4.78, 5) is 13.6. The maximum atomic E-state index is 12.4. The van der Waals surface area contributed by atoms with Gasteiger partial charge in [0.1, 0.15) is 5.82 Å². The van der Waals surface area contributed by atoms with Crippen molar-refractivity contribution in [3.63, 3.8) is 0 Å². The zero-order valence-corrected chi connectivity index (χ0v) is 16.8. The molecule has 0 fully saturated rings. The topological polar surface area (TPSA) is 59.8 Å². The van der Waals surface area contributed by atoms with E-state index in [0.717, 1.165) is 47.9 Å². The lowest BCUT2D eigenvalue weighted by atomic mass is 10.1. The molecular weight excluding hydrogens is 368 g/mol. The fourth-order valence-corrected chi connectivity index (χ4v) is 4.40. The van der Waals surface area contributed by atoms with Crippen molar-refractivity contribution in [3.8, 4) is 11.4 Å². The Morgan fingerprint density at radius 3 is 2.71 bits per heavy atom. The van der Waals surface area contributed by atoms with Crippen molar-refractivity contribution in [3.05, 3.63) is 66.0 Å². The normalized spacial score (nSPS) is 16.2. The zero-order chi connectivity index (χ0) is 19.3.